The summed E-state index contributed by atoms with van der Waals surface area (Å²) in [6.45, 7) is 8.92. The molecule has 2 heterocycles. The minimum atomic E-state index is -0.102. The van der Waals surface area contributed by atoms with E-state index in [0.29, 0.717) is 0 Å². The highest BCUT2D eigenvalue weighted by atomic mass is 19.1. The van der Waals surface area contributed by atoms with Crippen molar-refractivity contribution in [3.8, 4) is 0 Å². The van der Waals surface area contributed by atoms with Crippen molar-refractivity contribution in [2.45, 2.75) is 46.7 Å². The van der Waals surface area contributed by atoms with Crippen LogP contribution in [0.5, 0.6) is 0 Å². The zero-order valence-corrected chi connectivity index (χ0v) is 15.4. The summed E-state index contributed by atoms with van der Waals surface area (Å²) in [4.78, 5) is 0. The van der Waals surface area contributed by atoms with Crippen LogP contribution in [0.1, 0.15) is 36.2 Å². The minimum absolute atomic E-state index is 0.102. The van der Waals surface area contributed by atoms with Crippen molar-refractivity contribution in [1.82, 2.24) is 9.88 Å². The topological polar surface area (TPSA) is 17.0 Å². The number of hydrogen-bond donors (Lipinski definition) is 1. The molecule has 0 amide bonds. The number of aryl methyl sites for hydroxylation is 3. The number of hydrogen-bond acceptors (Lipinski definition) is 1. The van der Waals surface area contributed by atoms with Gasteiger partial charge in [0.2, 0.25) is 0 Å². The predicted octanol–water partition coefficient (Wildman–Crippen LogP) is 5.00. The molecule has 3 heteroatoms. The zero-order chi connectivity index (χ0) is 17.8. The third-order valence-corrected chi connectivity index (χ3v) is 4.85. The van der Waals surface area contributed by atoms with Crippen molar-refractivity contribution in [3.05, 3.63) is 70.7 Å². The Morgan fingerprint density at radius 1 is 1.12 bits per heavy atom. The normalized spacial score (nSPS) is 13.3. The molecule has 2 nitrogen and oxygen atoms in total. The molecule has 4 rings (SSSR count). The molecule has 1 aromatic heterocycles. The molecule has 0 unspecified atom stereocenters. The van der Waals surface area contributed by atoms with Crippen LogP contribution in [0.2, 0.25) is 0 Å². The highest BCUT2D eigenvalue weighted by Crippen LogP contribution is 2.29. The summed E-state index contributed by atoms with van der Waals surface area (Å²) in [7, 11) is 0. The van der Waals surface area contributed by atoms with E-state index in [4.69, 9.17) is 0 Å². The molecule has 0 spiro atoms. The van der Waals surface area contributed by atoms with Crippen molar-refractivity contribution in [1.29, 1.82) is 0 Å². The van der Waals surface area contributed by atoms with Crippen molar-refractivity contribution in [3.63, 3.8) is 0 Å². The van der Waals surface area contributed by atoms with Gasteiger partial charge in [0.25, 0.3) is 0 Å². The molecule has 1 aliphatic heterocycles. The van der Waals surface area contributed by atoms with Gasteiger partial charge in [-0.25, -0.2) is 4.39 Å². The molecule has 3 aromatic rings. The third-order valence-electron chi connectivity index (χ3n) is 4.85. The van der Waals surface area contributed by atoms with E-state index >= 15 is 0 Å². The molecular weight excluding hydrogens is 311 g/mol. The number of aromatic nitrogens is 1. The first-order valence-electron chi connectivity index (χ1n) is 9.29. The van der Waals surface area contributed by atoms with Crippen LogP contribution < -0.4 is 5.32 Å². The van der Waals surface area contributed by atoms with Gasteiger partial charge in [0, 0.05) is 42.7 Å². The molecule has 0 bridgehead atoms. The predicted molar refractivity (Wildman–Crippen MR) is 104 cm³/mol. The number of benzene rings is 2. The van der Waals surface area contributed by atoms with Crippen LogP contribution in [-0.2, 0) is 25.9 Å². The van der Waals surface area contributed by atoms with Crippen LogP contribution in [-0.4, -0.2) is 11.1 Å². The van der Waals surface area contributed by atoms with E-state index in [1.807, 2.05) is 26.0 Å². The lowest BCUT2D eigenvalue weighted by atomic mass is 10.0. The second-order valence-electron chi connectivity index (χ2n) is 6.37. The monoisotopic (exact) mass is 338 g/mol. The van der Waals surface area contributed by atoms with Crippen LogP contribution >= 0.6 is 0 Å². The summed E-state index contributed by atoms with van der Waals surface area (Å²) >= 11 is 0. The van der Waals surface area contributed by atoms with E-state index in [1.54, 1.807) is 12.1 Å². The van der Waals surface area contributed by atoms with Crippen LogP contribution in [0.15, 0.2) is 42.5 Å². The number of nitrogens with one attached hydrogen (secondary N) is 1. The van der Waals surface area contributed by atoms with Gasteiger partial charge in [0.15, 0.2) is 0 Å². The van der Waals surface area contributed by atoms with E-state index in [9.17, 15) is 4.39 Å². The molecule has 0 atom stereocenters. The fourth-order valence-corrected chi connectivity index (χ4v) is 3.68. The first-order valence-corrected chi connectivity index (χ1v) is 9.29. The lowest BCUT2D eigenvalue weighted by molar-refractivity contribution is 0.575. The number of fused-ring (bicyclic) bond motifs is 3. The Hall–Kier alpha value is -2.13. The van der Waals surface area contributed by atoms with Crippen LogP contribution in [0.25, 0.3) is 10.9 Å². The number of halogens is 1. The zero-order valence-electron chi connectivity index (χ0n) is 15.4. The van der Waals surface area contributed by atoms with E-state index in [-0.39, 0.29) is 5.82 Å². The summed E-state index contributed by atoms with van der Waals surface area (Å²) in [5.74, 6) is -0.102. The summed E-state index contributed by atoms with van der Waals surface area (Å²) < 4.78 is 16.3. The fourth-order valence-electron chi connectivity index (χ4n) is 3.68. The van der Waals surface area contributed by atoms with Gasteiger partial charge in [-0.05, 0) is 42.7 Å². The van der Waals surface area contributed by atoms with Gasteiger partial charge in [-0.3, -0.25) is 0 Å². The van der Waals surface area contributed by atoms with Gasteiger partial charge in [0.1, 0.15) is 5.82 Å². The molecule has 1 aliphatic rings. The maximum atomic E-state index is 13.9. The molecule has 0 aliphatic carbocycles. The van der Waals surface area contributed by atoms with Crippen molar-refractivity contribution >= 4 is 10.9 Å². The summed E-state index contributed by atoms with van der Waals surface area (Å²) in [6, 6.07) is 13.8. The second kappa shape index (κ2) is 7.83. The molecule has 132 valence electrons. The minimum Gasteiger partial charge on any atom is -0.344 e. The second-order valence-corrected chi connectivity index (χ2v) is 6.37. The Labute approximate surface area is 149 Å². The fraction of sp³-hybridized carbons (Fsp3) is 0.364. The maximum absolute atomic E-state index is 13.9. The third kappa shape index (κ3) is 3.47. The Bertz CT molecular complexity index is 864. The van der Waals surface area contributed by atoms with Gasteiger partial charge in [-0.1, -0.05) is 43.7 Å². The molecule has 0 radical (unpaired) electrons. The van der Waals surface area contributed by atoms with E-state index in [2.05, 4.69) is 35.0 Å². The lowest BCUT2D eigenvalue weighted by Crippen LogP contribution is -2.24. The van der Waals surface area contributed by atoms with Gasteiger partial charge >= 0.3 is 0 Å². The Balaban J connectivity index is 0.000000880. The molecule has 0 fully saturated rings. The summed E-state index contributed by atoms with van der Waals surface area (Å²) in [5, 5.41) is 4.82. The molecule has 1 N–H and O–H groups in total. The molecule has 0 saturated heterocycles. The Kier molecular flexibility index (Phi) is 5.54. The van der Waals surface area contributed by atoms with Crippen LogP contribution in [0.4, 0.5) is 4.39 Å². The highest BCUT2D eigenvalue weighted by Gasteiger charge is 2.19. The Morgan fingerprint density at radius 2 is 1.92 bits per heavy atom. The summed E-state index contributed by atoms with van der Waals surface area (Å²) in [6.07, 6.45) is 1.77. The average Bonchev–Trinajstić information content (AvgIpc) is 2.96. The number of rotatable bonds is 3. The first-order chi connectivity index (χ1) is 12.2. The highest BCUT2D eigenvalue weighted by molar-refractivity contribution is 5.86. The quantitative estimate of drug-likeness (QED) is 0.711. The maximum Gasteiger partial charge on any atom is 0.126 e. The van der Waals surface area contributed by atoms with Crippen molar-refractivity contribution in [2.75, 3.05) is 6.54 Å². The molecule has 2 aromatic carbocycles. The van der Waals surface area contributed by atoms with Gasteiger partial charge in [0.05, 0.1) is 0 Å². The molecule has 25 heavy (non-hydrogen) atoms. The van der Waals surface area contributed by atoms with Crippen LogP contribution in [0.3, 0.4) is 0 Å². The first kappa shape index (κ1) is 17.7. The van der Waals surface area contributed by atoms with Gasteiger partial charge in [-0.15, -0.1) is 0 Å². The summed E-state index contributed by atoms with van der Waals surface area (Å²) in [5.41, 5.74) is 6.20. The smallest absolute Gasteiger partial charge is 0.126 e. The lowest BCUT2D eigenvalue weighted by Gasteiger charge is -2.17. The van der Waals surface area contributed by atoms with Crippen molar-refractivity contribution < 1.29 is 4.39 Å². The SMILES string of the molecule is CC.Cc1ccc2c(c1)c1c(n2CCc2ccccc2F)CCNC1. The van der Waals surface area contributed by atoms with E-state index < -0.39 is 0 Å². The number of nitrogens with zero attached hydrogens (tertiary/aromatic N) is 1. The van der Waals surface area contributed by atoms with Gasteiger partial charge in [-0.2, -0.15) is 0 Å². The van der Waals surface area contributed by atoms with Gasteiger partial charge < -0.3 is 9.88 Å². The van der Waals surface area contributed by atoms with E-state index in [1.165, 1.54) is 27.7 Å². The van der Waals surface area contributed by atoms with E-state index in [0.717, 1.165) is 38.0 Å². The standard InChI is InChI=1S/C20H21FN2.C2H6/c1-14-6-7-19-16(12-14)17-13-22-10-8-20(17)23(19)11-9-15-4-2-3-5-18(15)21;1-2/h2-7,12,22H,8-11,13H2,1H3;1-2H3. The molecule has 0 saturated carbocycles. The largest absolute Gasteiger partial charge is 0.344 e. The Morgan fingerprint density at radius 3 is 2.72 bits per heavy atom. The van der Waals surface area contributed by atoms with Crippen LogP contribution in [0, 0.1) is 12.7 Å². The van der Waals surface area contributed by atoms with Crippen molar-refractivity contribution in [2.24, 2.45) is 0 Å². The molecular formula is C22H27FN2. The average molecular weight is 338 g/mol.